The first-order valence-corrected chi connectivity index (χ1v) is 22.7. The molecule has 0 spiro atoms. The van der Waals surface area contributed by atoms with Gasteiger partial charge in [-0.15, -0.1) is 0 Å². The van der Waals surface area contributed by atoms with E-state index in [0.29, 0.717) is 17.9 Å². The number of fused-ring (bicyclic) bond motifs is 1. The van der Waals surface area contributed by atoms with E-state index in [-0.39, 0.29) is 61.3 Å². The molecule has 1 aliphatic rings. The van der Waals surface area contributed by atoms with Crippen molar-refractivity contribution in [2.75, 3.05) is 39.3 Å². The monoisotopic (exact) mass is 908 g/mol. The number of benzene rings is 3. The molecule has 3 aromatic carbocycles. The van der Waals surface area contributed by atoms with Crippen LogP contribution in [0.5, 0.6) is 11.5 Å². The minimum absolute atomic E-state index is 0.0147. The predicted molar refractivity (Wildman–Crippen MR) is 246 cm³/mol. The number of rotatable bonds is 22. The summed E-state index contributed by atoms with van der Waals surface area (Å²) >= 11 is 0. The number of methoxy groups -OCH3 is 2. The molecule has 19 heteroatoms. The third kappa shape index (κ3) is 11.0. The molecule has 5 atom stereocenters. The summed E-state index contributed by atoms with van der Waals surface area (Å²) in [6.07, 6.45) is -0.725. The van der Waals surface area contributed by atoms with Gasteiger partial charge in [-0.25, -0.2) is 9.65 Å². The molecule has 18 nitrogen and oxygen atoms in total. The molecule has 0 saturated carbocycles. The highest BCUT2D eigenvalue weighted by atomic mass is 31.2. The Hall–Kier alpha value is -5.89. The first-order chi connectivity index (χ1) is 31.4. The molecule has 2 N–H and O–H groups in total. The van der Waals surface area contributed by atoms with Crippen LogP contribution in [0.1, 0.15) is 77.3 Å². The molecule has 0 radical (unpaired) electrons. The van der Waals surface area contributed by atoms with Crippen LogP contribution in [-0.4, -0.2) is 88.4 Å². The van der Waals surface area contributed by atoms with Crippen LogP contribution in [0.15, 0.2) is 95.1 Å². The van der Waals surface area contributed by atoms with Crippen LogP contribution < -0.4 is 20.3 Å². The van der Waals surface area contributed by atoms with E-state index < -0.39 is 50.0 Å². The SMILES string of the molecule is COc1ccc(C(OC[C@H]2O[C@@H](n3cnc4c(=O)[nH]c(NC(=O)C(C)C)nc43)[C@H](OP(OCCC#N)N(C(C)C)C(C)C)[C@@H]2CCN=[N+]=[N-])(c2ccccc2)c2ccc(OC)cc2)cc1. The topological polar surface area (TPSA) is 224 Å². The third-order valence-corrected chi connectivity index (χ3v) is 13.2. The summed E-state index contributed by atoms with van der Waals surface area (Å²) in [7, 11) is 1.36. The zero-order valence-corrected chi connectivity index (χ0v) is 38.8. The van der Waals surface area contributed by atoms with Crippen molar-refractivity contribution in [3.8, 4) is 17.6 Å². The van der Waals surface area contributed by atoms with Crippen molar-refractivity contribution in [2.24, 2.45) is 17.0 Å². The predicted octanol–water partition coefficient (Wildman–Crippen LogP) is 8.62. The number of nitriles is 1. The van der Waals surface area contributed by atoms with Crippen LogP contribution in [0.25, 0.3) is 21.6 Å². The fourth-order valence-electron chi connectivity index (χ4n) is 8.01. The molecule has 5 aromatic rings. The standard InChI is InChI=1S/C46H57N10O8P/c1-29(2)42(57)52-45-51-41-39(43(58)53-45)49-28-55(41)44-40(64-65(62-26-12-24-47)56(30(3)4)31(5)6)37(23-25-50-54-48)38(63-44)27-61-46(32-13-10-9-11-14-32,33-15-19-35(59-7)20-16-33)34-17-21-36(60-8)22-18-34/h9-11,13-22,28-31,37-38,40,44H,12,23,25-27H2,1-8H3,(H2,51,52,53,57,58)/t37-,38-,40-,44-,65?/m1/s1. The van der Waals surface area contributed by atoms with Gasteiger partial charge in [-0.1, -0.05) is 73.6 Å². The highest BCUT2D eigenvalue weighted by Crippen LogP contribution is 2.53. The molecule has 1 aliphatic heterocycles. The van der Waals surface area contributed by atoms with E-state index >= 15 is 0 Å². The Balaban J connectivity index is 1.53. The Bertz CT molecular complexity index is 2430. The molecule has 0 bridgehead atoms. The van der Waals surface area contributed by atoms with E-state index in [1.165, 1.54) is 6.33 Å². The highest BCUT2D eigenvalue weighted by Gasteiger charge is 2.50. The lowest BCUT2D eigenvalue weighted by molar-refractivity contribution is -0.118. The van der Waals surface area contributed by atoms with Crippen molar-refractivity contribution in [2.45, 2.75) is 90.5 Å². The maximum atomic E-state index is 13.5. The number of nitrogens with one attached hydrogen (secondary N) is 2. The lowest BCUT2D eigenvalue weighted by atomic mass is 9.80. The van der Waals surface area contributed by atoms with Crippen molar-refractivity contribution in [1.82, 2.24) is 24.2 Å². The number of azide groups is 1. The van der Waals surface area contributed by atoms with Gasteiger partial charge in [0, 0.05) is 35.4 Å². The van der Waals surface area contributed by atoms with Crippen molar-refractivity contribution < 1.29 is 32.8 Å². The van der Waals surface area contributed by atoms with E-state index in [2.05, 4.69) is 41.0 Å². The van der Waals surface area contributed by atoms with Crippen LogP contribution >= 0.6 is 8.53 Å². The van der Waals surface area contributed by atoms with Gasteiger partial charge < -0.3 is 28.0 Å². The van der Waals surface area contributed by atoms with Gasteiger partial charge in [0.25, 0.3) is 14.1 Å². The Kier molecular flexibility index (Phi) is 16.7. The lowest BCUT2D eigenvalue weighted by Crippen LogP contribution is -2.39. The van der Waals surface area contributed by atoms with Gasteiger partial charge in [0.15, 0.2) is 17.4 Å². The summed E-state index contributed by atoms with van der Waals surface area (Å²) in [5, 5.41) is 16.1. The van der Waals surface area contributed by atoms with Crippen LogP contribution in [0.2, 0.25) is 0 Å². The summed E-state index contributed by atoms with van der Waals surface area (Å²) in [5.41, 5.74) is 10.3. The number of anilines is 1. The Morgan fingerprint density at radius 3 is 2.17 bits per heavy atom. The van der Waals surface area contributed by atoms with Gasteiger partial charge in [0.05, 0.1) is 52.4 Å². The number of amides is 1. The highest BCUT2D eigenvalue weighted by molar-refractivity contribution is 7.44. The average Bonchev–Trinajstić information content (AvgIpc) is 3.88. The number of hydrogen-bond donors (Lipinski definition) is 2. The van der Waals surface area contributed by atoms with Crippen molar-refractivity contribution in [1.29, 1.82) is 5.26 Å². The van der Waals surface area contributed by atoms with E-state index in [9.17, 15) is 20.4 Å². The molecule has 6 rings (SSSR count). The number of aromatic amines is 1. The van der Waals surface area contributed by atoms with Gasteiger partial charge in [0.2, 0.25) is 11.9 Å². The number of H-pyrrole nitrogens is 1. The second-order valence-electron chi connectivity index (χ2n) is 16.3. The molecule has 0 aliphatic carbocycles. The number of imidazole rings is 1. The molecule has 344 valence electrons. The minimum Gasteiger partial charge on any atom is -0.497 e. The largest absolute Gasteiger partial charge is 0.497 e. The minimum atomic E-state index is -1.86. The van der Waals surface area contributed by atoms with Crippen LogP contribution in [0.4, 0.5) is 5.95 Å². The lowest BCUT2D eigenvalue weighted by Gasteiger charge is -2.39. The summed E-state index contributed by atoms with van der Waals surface area (Å²) in [5.74, 6) is 0.0168. The Morgan fingerprint density at radius 1 is 1.00 bits per heavy atom. The molecule has 1 amide bonds. The molecule has 2 aromatic heterocycles. The maximum absolute atomic E-state index is 13.5. The number of aromatic nitrogens is 4. The van der Waals surface area contributed by atoms with Crippen LogP contribution in [0, 0.1) is 23.2 Å². The van der Waals surface area contributed by atoms with Crippen molar-refractivity contribution in [3.05, 3.63) is 123 Å². The zero-order chi connectivity index (χ0) is 46.7. The second kappa shape index (κ2) is 22.3. The summed E-state index contributed by atoms with van der Waals surface area (Å²) in [6, 6.07) is 27.4. The number of carbonyl (C=O) groups excluding carboxylic acids is 1. The van der Waals surface area contributed by atoms with Crippen LogP contribution in [-0.2, 0) is 28.9 Å². The molecule has 65 heavy (non-hydrogen) atoms. The van der Waals surface area contributed by atoms with Gasteiger partial charge in [-0.3, -0.25) is 24.5 Å². The van der Waals surface area contributed by atoms with Crippen LogP contribution in [0.3, 0.4) is 0 Å². The van der Waals surface area contributed by atoms with E-state index in [1.54, 1.807) is 32.6 Å². The Labute approximate surface area is 379 Å². The number of hydrogen-bond acceptors (Lipinski definition) is 13. The molecule has 1 saturated heterocycles. The quantitative estimate of drug-likeness (QED) is 0.0166. The number of carbonyl (C=O) groups is 1. The first-order valence-electron chi connectivity index (χ1n) is 21.5. The molecule has 1 fully saturated rings. The third-order valence-electron chi connectivity index (χ3n) is 11.1. The van der Waals surface area contributed by atoms with E-state index in [1.807, 2.05) is 107 Å². The second-order valence-corrected chi connectivity index (χ2v) is 17.7. The number of ether oxygens (including phenoxy) is 4. The smallest absolute Gasteiger partial charge is 0.280 e. The maximum Gasteiger partial charge on any atom is 0.280 e. The average molecular weight is 909 g/mol. The number of nitrogens with zero attached hydrogens (tertiary/aromatic N) is 8. The first kappa shape index (κ1) is 48.6. The molecule has 3 heterocycles. The normalized spacial score (nSPS) is 18.0. The van der Waals surface area contributed by atoms with Crippen molar-refractivity contribution in [3.63, 3.8) is 0 Å². The zero-order valence-electron chi connectivity index (χ0n) is 38.0. The van der Waals surface area contributed by atoms with Gasteiger partial charge in [-0.05, 0) is 80.6 Å². The fraction of sp³-hybridized carbons (Fsp3) is 0.457. The summed E-state index contributed by atoms with van der Waals surface area (Å²) in [6.45, 7) is 11.8. The fourth-order valence-corrected chi connectivity index (χ4v) is 9.79. The summed E-state index contributed by atoms with van der Waals surface area (Å²) in [4.78, 5) is 41.1. The van der Waals surface area contributed by atoms with Gasteiger partial charge in [-0.2, -0.15) is 10.2 Å². The van der Waals surface area contributed by atoms with E-state index in [4.69, 9.17) is 28.0 Å². The molecular formula is C46H57N10O8P. The van der Waals surface area contributed by atoms with E-state index in [0.717, 1.165) is 16.7 Å². The summed E-state index contributed by atoms with van der Waals surface area (Å²) < 4.78 is 43.0. The van der Waals surface area contributed by atoms with Crippen molar-refractivity contribution >= 4 is 31.5 Å². The molecular weight excluding hydrogens is 852 g/mol. The molecule has 1 unspecified atom stereocenters. The van der Waals surface area contributed by atoms with Gasteiger partial charge in [0.1, 0.15) is 23.2 Å². The van der Waals surface area contributed by atoms with Gasteiger partial charge >= 0.3 is 0 Å². The Morgan fingerprint density at radius 2 is 1.62 bits per heavy atom.